The van der Waals surface area contributed by atoms with Crippen LogP contribution in [0.2, 0.25) is 5.02 Å². The van der Waals surface area contributed by atoms with Crippen LogP contribution in [-0.4, -0.2) is 28.8 Å². The molecule has 0 saturated heterocycles. The first-order valence-electron chi connectivity index (χ1n) is 8.61. The lowest BCUT2D eigenvalue weighted by molar-refractivity contribution is -0.137. The van der Waals surface area contributed by atoms with Gasteiger partial charge in [0.15, 0.2) is 0 Å². The van der Waals surface area contributed by atoms with Crippen LogP contribution >= 0.6 is 11.6 Å². The highest BCUT2D eigenvalue weighted by atomic mass is 35.5. The van der Waals surface area contributed by atoms with Crippen molar-refractivity contribution in [3.05, 3.63) is 65.3 Å². The highest BCUT2D eigenvalue weighted by molar-refractivity contribution is 7.92. The molecule has 1 heterocycles. The Balaban J connectivity index is 1.84. The van der Waals surface area contributed by atoms with Crippen LogP contribution in [0.3, 0.4) is 0 Å². The number of nitrogens with one attached hydrogen (secondary N) is 1. The predicted molar refractivity (Wildman–Crippen MR) is 113 cm³/mol. The average molecular weight is 488 g/mol. The van der Waals surface area contributed by atoms with Crippen LogP contribution in [0, 0.1) is 0 Å². The number of fused-ring (bicyclic) bond motifs is 3. The standard InChI is InChI=1S/C19H13ClF3N3O3S2/c1-30(27)14-5-6-15-11(8-14)2-3-12-10-24-26(18(12)15)25-31(28,29)17-9-13(19(21,22)23)4-7-16(17)20/h2-10,25H,1H3. The predicted octanol–water partition coefficient (Wildman–Crippen LogP) is 4.53. The third-order valence-corrected chi connectivity index (χ3v) is 7.29. The number of alkyl halides is 3. The SMILES string of the molecule is CS(=O)c1ccc2c(ccc3cnn(NS(=O)(=O)c4cc(C(F)(F)F)ccc4Cl)c32)c1. The zero-order valence-corrected chi connectivity index (χ0v) is 18.0. The quantitative estimate of drug-likeness (QED) is 0.458. The second-order valence-electron chi connectivity index (χ2n) is 6.63. The summed E-state index contributed by atoms with van der Waals surface area (Å²) in [5.41, 5.74) is -0.759. The molecule has 0 fully saturated rings. The molecule has 162 valence electrons. The summed E-state index contributed by atoms with van der Waals surface area (Å²) in [6, 6.07) is 10.6. The van der Waals surface area contributed by atoms with Crippen molar-refractivity contribution in [2.45, 2.75) is 16.0 Å². The number of nitrogens with zero attached hydrogens (tertiary/aromatic N) is 2. The Hall–Kier alpha value is -2.63. The number of hydrogen-bond acceptors (Lipinski definition) is 4. The topological polar surface area (TPSA) is 81.1 Å². The van der Waals surface area contributed by atoms with E-state index >= 15 is 0 Å². The van der Waals surface area contributed by atoms with E-state index in [2.05, 4.69) is 9.93 Å². The summed E-state index contributed by atoms with van der Waals surface area (Å²) in [5.74, 6) is 0. The Kier molecular flexibility index (Phi) is 5.23. The lowest BCUT2D eigenvalue weighted by Gasteiger charge is -2.13. The Bertz CT molecular complexity index is 1470. The van der Waals surface area contributed by atoms with Gasteiger partial charge >= 0.3 is 6.18 Å². The number of halogens is 4. The van der Waals surface area contributed by atoms with Gasteiger partial charge < -0.3 is 0 Å². The monoisotopic (exact) mass is 487 g/mol. The lowest BCUT2D eigenvalue weighted by Crippen LogP contribution is -2.25. The van der Waals surface area contributed by atoms with Gasteiger partial charge in [-0.3, -0.25) is 4.21 Å². The minimum Gasteiger partial charge on any atom is -0.255 e. The highest BCUT2D eigenvalue weighted by Crippen LogP contribution is 2.34. The summed E-state index contributed by atoms with van der Waals surface area (Å²) in [6.07, 6.45) is -1.78. The number of benzene rings is 3. The summed E-state index contributed by atoms with van der Waals surface area (Å²) in [6.45, 7) is 0. The molecule has 4 rings (SSSR count). The van der Waals surface area contributed by atoms with Gasteiger partial charge in [0.05, 0.1) is 16.8 Å². The van der Waals surface area contributed by atoms with Gasteiger partial charge in [-0.15, -0.1) is 0 Å². The molecular formula is C19H13ClF3N3O3S2. The van der Waals surface area contributed by atoms with E-state index in [9.17, 15) is 25.8 Å². The van der Waals surface area contributed by atoms with E-state index in [1.165, 1.54) is 12.5 Å². The molecule has 31 heavy (non-hydrogen) atoms. The Labute approximate surface area is 182 Å². The summed E-state index contributed by atoms with van der Waals surface area (Å²) in [4.78, 5) is 3.00. The molecule has 3 aromatic carbocycles. The summed E-state index contributed by atoms with van der Waals surface area (Å²) >= 11 is 5.89. The van der Waals surface area contributed by atoms with E-state index in [1.807, 2.05) is 0 Å². The summed E-state index contributed by atoms with van der Waals surface area (Å²) in [5, 5.41) is 5.55. The van der Waals surface area contributed by atoms with Gasteiger partial charge in [-0.2, -0.15) is 36.3 Å². The van der Waals surface area contributed by atoms with Crippen molar-refractivity contribution < 1.29 is 25.8 Å². The van der Waals surface area contributed by atoms with Crippen LogP contribution in [0.1, 0.15) is 5.56 Å². The molecule has 0 amide bonds. The van der Waals surface area contributed by atoms with E-state index in [-0.39, 0.29) is 5.02 Å². The maximum absolute atomic E-state index is 13.0. The Morgan fingerprint density at radius 1 is 1.06 bits per heavy atom. The molecular weight excluding hydrogens is 475 g/mol. The van der Waals surface area contributed by atoms with Gasteiger partial charge in [0, 0.05) is 32.7 Å². The van der Waals surface area contributed by atoms with Crippen LogP contribution in [0.25, 0.3) is 21.7 Å². The normalized spacial score (nSPS) is 13.6. The molecule has 1 unspecified atom stereocenters. The zero-order chi connectivity index (χ0) is 22.6. The number of hydrogen-bond donors (Lipinski definition) is 1. The first kappa shape index (κ1) is 21.6. The van der Waals surface area contributed by atoms with Crippen LogP contribution in [0.5, 0.6) is 0 Å². The summed E-state index contributed by atoms with van der Waals surface area (Å²) < 4.78 is 76.6. The van der Waals surface area contributed by atoms with Crippen molar-refractivity contribution in [3.8, 4) is 0 Å². The van der Waals surface area contributed by atoms with Gasteiger partial charge in [0.2, 0.25) is 0 Å². The second kappa shape index (κ2) is 7.50. The molecule has 1 atom stereocenters. The molecule has 0 aliphatic heterocycles. The third kappa shape index (κ3) is 4.00. The van der Waals surface area contributed by atoms with E-state index in [4.69, 9.17) is 11.6 Å². The van der Waals surface area contributed by atoms with Crippen molar-refractivity contribution in [2.75, 3.05) is 11.1 Å². The fraction of sp³-hybridized carbons (Fsp3) is 0.105. The van der Waals surface area contributed by atoms with Crippen LogP contribution in [-0.2, 0) is 27.0 Å². The first-order valence-corrected chi connectivity index (χ1v) is 12.0. The van der Waals surface area contributed by atoms with E-state index in [0.29, 0.717) is 38.7 Å². The Morgan fingerprint density at radius 2 is 1.77 bits per heavy atom. The smallest absolute Gasteiger partial charge is 0.255 e. The molecule has 0 aliphatic rings. The van der Waals surface area contributed by atoms with E-state index in [0.717, 1.165) is 10.9 Å². The fourth-order valence-electron chi connectivity index (χ4n) is 3.12. The fourth-order valence-corrected chi connectivity index (χ4v) is 5.17. The van der Waals surface area contributed by atoms with Crippen molar-refractivity contribution in [2.24, 2.45) is 0 Å². The summed E-state index contributed by atoms with van der Waals surface area (Å²) in [7, 11) is -5.72. The van der Waals surface area contributed by atoms with Gasteiger partial charge in [0.1, 0.15) is 10.4 Å². The van der Waals surface area contributed by atoms with Crippen molar-refractivity contribution in [1.82, 2.24) is 9.89 Å². The molecule has 1 aromatic heterocycles. The van der Waals surface area contributed by atoms with Crippen LogP contribution in [0.4, 0.5) is 13.2 Å². The van der Waals surface area contributed by atoms with Gasteiger partial charge in [0.25, 0.3) is 10.0 Å². The number of sulfonamides is 1. The zero-order valence-electron chi connectivity index (χ0n) is 15.6. The number of aromatic nitrogens is 2. The van der Waals surface area contributed by atoms with Gasteiger partial charge in [-0.05, 0) is 35.7 Å². The molecule has 0 spiro atoms. The first-order chi connectivity index (χ1) is 14.5. The van der Waals surface area contributed by atoms with Crippen molar-refractivity contribution >= 4 is 54.1 Å². The largest absolute Gasteiger partial charge is 0.416 e. The minimum atomic E-state index is -4.74. The van der Waals surface area contributed by atoms with Gasteiger partial charge in [-0.1, -0.05) is 29.8 Å². The molecule has 12 heteroatoms. The minimum absolute atomic E-state index is 0.364. The van der Waals surface area contributed by atoms with E-state index in [1.54, 1.807) is 30.3 Å². The second-order valence-corrected chi connectivity index (χ2v) is 10.1. The van der Waals surface area contributed by atoms with Crippen molar-refractivity contribution in [1.29, 1.82) is 0 Å². The van der Waals surface area contributed by atoms with Gasteiger partial charge in [-0.25, -0.2) is 0 Å². The lowest BCUT2D eigenvalue weighted by atomic mass is 10.1. The molecule has 0 aliphatic carbocycles. The molecule has 4 aromatic rings. The highest BCUT2D eigenvalue weighted by Gasteiger charge is 2.33. The van der Waals surface area contributed by atoms with Crippen LogP contribution in [0.15, 0.2) is 64.5 Å². The van der Waals surface area contributed by atoms with Crippen molar-refractivity contribution in [3.63, 3.8) is 0 Å². The van der Waals surface area contributed by atoms with E-state index < -0.39 is 37.5 Å². The Morgan fingerprint density at radius 3 is 2.45 bits per heavy atom. The molecule has 0 saturated carbocycles. The maximum Gasteiger partial charge on any atom is 0.416 e. The number of rotatable bonds is 4. The molecule has 1 N–H and O–H groups in total. The average Bonchev–Trinajstić information content (AvgIpc) is 3.09. The van der Waals surface area contributed by atoms with Crippen LogP contribution < -0.4 is 4.83 Å². The molecule has 6 nitrogen and oxygen atoms in total. The molecule has 0 radical (unpaired) electrons. The third-order valence-electron chi connectivity index (χ3n) is 4.60. The molecule has 0 bridgehead atoms. The maximum atomic E-state index is 13.0.